The summed E-state index contributed by atoms with van der Waals surface area (Å²) in [6.07, 6.45) is 2.60. The van der Waals surface area contributed by atoms with Gasteiger partial charge < -0.3 is 16.2 Å². The number of nitrogens with two attached hydrogens (primary N) is 1. The highest BCUT2D eigenvalue weighted by molar-refractivity contribution is 5.83. The molecule has 1 fully saturated rings. The highest BCUT2D eigenvalue weighted by Crippen LogP contribution is 2.40. The number of amides is 1. The zero-order valence-corrected chi connectivity index (χ0v) is 11.3. The molecule has 1 aromatic rings. The fourth-order valence-corrected chi connectivity index (χ4v) is 2.42. The number of hydrogen-bond donors (Lipinski definition) is 3. The van der Waals surface area contributed by atoms with Gasteiger partial charge in [0.2, 0.25) is 5.91 Å². The van der Waals surface area contributed by atoms with Crippen LogP contribution in [0, 0.1) is 5.41 Å². The van der Waals surface area contributed by atoms with Crippen molar-refractivity contribution in [3.63, 3.8) is 0 Å². The molecular weight excluding hydrogens is 256 g/mol. The van der Waals surface area contributed by atoms with E-state index in [0.717, 1.165) is 12.0 Å². The van der Waals surface area contributed by atoms with E-state index in [9.17, 15) is 14.7 Å². The molecule has 20 heavy (non-hydrogen) atoms. The molecule has 0 heterocycles. The van der Waals surface area contributed by atoms with Crippen molar-refractivity contribution in [3.05, 3.63) is 35.9 Å². The minimum Gasteiger partial charge on any atom is -0.481 e. The van der Waals surface area contributed by atoms with Gasteiger partial charge in [0.1, 0.15) is 0 Å². The largest absolute Gasteiger partial charge is 0.481 e. The van der Waals surface area contributed by atoms with Gasteiger partial charge in [-0.25, -0.2) is 0 Å². The Bertz CT molecular complexity index is 483. The van der Waals surface area contributed by atoms with Gasteiger partial charge in [-0.2, -0.15) is 0 Å². The second kappa shape index (κ2) is 6.05. The van der Waals surface area contributed by atoms with E-state index in [1.165, 1.54) is 0 Å². The second-order valence-electron chi connectivity index (χ2n) is 5.45. The molecule has 1 atom stereocenters. The molecule has 0 saturated heterocycles. The predicted molar refractivity (Wildman–Crippen MR) is 75.1 cm³/mol. The quantitative estimate of drug-likeness (QED) is 0.720. The van der Waals surface area contributed by atoms with Crippen LogP contribution in [0.1, 0.15) is 24.8 Å². The number of carbonyl (C=O) groups excluding carboxylic acids is 1. The molecule has 1 amide bonds. The lowest BCUT2D eigenvalue weighted by atomic mass is 9.69. The summed E-state index contributed by atoms with van der Waals surface area (Å²) >= 11 is 0. The second-order valence-corrected chi connectivity index (χ2v) is 5.45. The molecule has 2 rings (SSSR count). The first-order chi connectivity index (χ1) is 9.53. The van der Waals surface area contributed by atoms with Crippen LogP contribution in [-0.2, 0) is 16.0 Å². The molecule has 5 heteroatoms. The smallest absolute Gasteiger partial charge is 0.311 e. The summed E-state index contributed by atoms with van der Waals surface area (Å²) in [5.41, 5.74) is 6.07. The van der Waals surface area contributed by atoms with E-state index in [0.29, 0.717) is 19.3 Å². The molecule has 5 nitrogen and oxygen atoms in total. The Balaban J connectivity index is 1.84. The molecule has 1 aliphatic carbocycles. The van der Waals surface area contributed by atoms with E-state index in [1.54, 1.807) is 0 Å². The number of aliphatic carboxylic acids is 1. The predicted octanol–water partition coefficient (Wildman–Crippen LogP) is 0.927. The van der Waals surface area contributed by atoms with E-state index >= 15 is 0 Å². The van der Waals surface area contributed by atoms with Crippen LogP contribution < -0.4 is 11.1 Å². The van der Waals surface area contributed by atoms with Crippen molar-refractivity contribution in [2.24, 2.45) is 11.1 Å². The van der Waals surface area contributed by atoms with Crippen molar-refractivity contribution in [1.82, 2.24) is 5.32 Å². The van der Waals surface area contributed by atoms with Gasteiger partial charge in [0, 0.05) is 6.54 Å². The summed E-state index contributed by atoms with van der Waals surface area (Å²) in [5.74, 6) is -1.12. The summed E-state index contributed by atoms with van der Waals surface area (Å²) in [4.78, 5) is 23.1. The maximum absolute atomic E-state index is 11.9. The normalized spacial score (nSPS) is 17.9. The number of hydrogen-bond acceptors (Lipinski definition) is 3. The van der Waals surface area contributed by atoms with Crippen molar-refractivity contribution in [1.29, 1.82) is 0 Å². The lowest BCUT2D eigenvalue weighted by Gasteiger charge is -2.37. The Kier molecular flexibility index (Phi) is 4.39. The monoisotopic (exact) mass is 276 g/mol. The number of carbonyl (C=O) groups is 2. The van der Waals surface area contributed by atoms with Gasteiger partial charge in [0.25, 0.3) is 0 Å². The molecule has 1 aromatic carbocycles. The number of nitrogens with one attached hydrogen (secondary N) is 1. The molecule has 1 saturated carbocycles. The van der Waals surface area contributed by atoms with Gasteiger partial charge >= 0.3 is 5.97 Å². The van der Waals surface area contributed by atoms with E-state index < -0.39 is 17.4 Å². The molecule has 1 aliphatic rings. The molecule has 0 aliphatic heterocycles. The Morgan fingerprint density at radius 2 is 1.95 bits per heavy atom. The number of rotatable bonds is 6. The van der Waals surface area contributed by atoms with Crippen molar-refractivity contribution < 1.29 is 14.7 Å². The van der Waals surface area contributed by atoms with Gasteiger partial charge in [-0.3, -0.25) is 9.59 Å². The third kappa shape index (κ3) is 3.17. The highest BCUT2D eigenvalue weighted by atomic mass is 16.4. The van der Waals surface area contributed by atoms with Crippen molar-refractivity contribution in [3.8, 4) is 0 Å². The molecule has 0 bridgehead atoms. The number of carboxylic acid groups (broad SMARTS) is 1. The zero-order valence-electron chi connectivity index (χ0n) is 11.3. The first-order valence-electron chi connectivity index (χ1n) is 6.84. The first kappa shape index (κ1) is 14.5. The Hall–Kier alpha value is -1.88. The first-order valence-corrected chi connectivity index (χ1v) is 6.84. The molecule has 0 spiro atoms. The SMILES string of the molecule is N[C@H](Cc1ccccc1)C(=O)NCC1(C(=O)O)CCC1. The van der Waals surface area contributed by atoms with Crippen LogP contribution in [0.25, 0.3) is 0 Å². The number of benzene rings is 1. The average Bonchev–Trinajstić information content (AvgIpc) is 2.37. The van der Waals surface area contributed by atoms with Crippen LogP contribution in [0.5, 0.6) is 0 Å². The summed E-state index contributed by atoms with van der Waals surface area (Å²) < 4.78 is 0. The Morgan fingerprint density at radius 3 is 2.45 bits per heavy atom. The van der Waals surface area contributed by atoms with E-state index in [-0.39, 0.29) is 12.5 Å². The van der Waals surface area contributed by atoms with Crippen LogP contribution in [-0.4, -0.2) is 29.6 Å². The third-order valence-electron chi connectivity index (χ3n) is 4.00. The third-order valence-corrected chi connectivity index (χ3v) is 4.00. The van der Waals surface area contributed by atoms with Gasteiger partial charge in [-0.05, 0) is 24.8 Å². The maximum atomic E-state index is 11.9. The average molecular weight is 276 g/mol. The van der Waals surface area contributed by atoms with Crippen LogP contribution in [0.15, 0.2) is 30.3 Å². The van der Waals surface area contributed by atoms with Gasteiger partial charge in [-0.1, -0.05) is 36.8 Å². The fraction of sp³-hybridized carbons (Fsp3) is 0.467. The molecule has 4 N–H and O–H groups in total. The summed E-state index contributed by atoms with van der Waals surface area (Å²) in [6.45, 7) is 0.170. The zero-order chi connectivity index (χ0) is 14.6. The van der Waals surface area contributed by atoms with E-state index in [2.05, 4.69) is 5.32 Å². The Morgan fingerprint density at radius 1 is 1.30 bits per heavy atom. The van der Waals surface area contributed by atoms with Gasteiger partial charge in [0.05, 0.1) is 11.5 Å². The van der Waals surface area contributed by atoms with Gasteiger partial charge in [-0.15, -0.1) is 0 Å². The van der Waals surface area contributed by atoms with Crippen molar-refractivity contribution in [2.75, 3.05) is 6.54 Å². The van der Waals surface area contributed by atoms with Crippen LogP contribution in [0.3, 0.4) is 0 Å². The van der Waals surface area contributed by atoms with Gasteiger partial charge in [0.15, 0.2) is 0 Å². The molecule has 108 valence electrons. The Labute approximate surface area is 118 Å². The topological polar surface area (TPSA) is 92.4 Å². The summed E-state index contributed by atoms with van der Waals surface area (Å²) in [7, 11) is 0. The van der Waals surface area contributed by atoms with Crippen molar-refractivity contribution >= 4 is 11.9 Å². The molecule has 0 aromatic heterocycles. The lowest BCUT2D eigenvalue weighted by Crippen LogP contribution is -2.51. The summed E-state index contributed by atoms with van der Waals surface area (Å²) in [5, 5.41) is 11.9. The fourth-order valence-electron chi connectivity index (χ4n) is 2.42. The minimum atomic E-state index is -0.833. The highest BCUT2D eigenvalue weighted by Gasteiger charge is 2.44. The number of carboxylic acids is 1. The van der Waals surface area contributed by atoms with Crippen molar-refractivity contribution in [2.45, 2.75) is 31.7 Å². The van der Waals surface area contributed by atoms with E-state index in [4.69, 9.17) is 5.73 Å². The molecule has 0 radical (unpaired) electrons. The molecule has 0 unspecified atom stereocenters. The van der Waals surface area contributed by atoms with Crippen LogP contribution in [0.2, 0.25) is 0 Å². The summed E-state index contributed by atoms with van der Waals surface area (Å²) in [6, 6.07) is 8.88. The minimum absolute atomic E-state index is 0.170. The van der Waals surface area contributed by atoms with E-state index in [1.807, 2.05) is 30.3 Å². The van der Waals surface area contributed by atoms with Crippen LogP contribution >= 0.6 is 0 Å². The standard InChI is InChI=1S/C15H20N2O3/c16-12(9-11-5-2-1-3-6-11)13(18)17-10-15(14(19)20)7-4-8-15/h1-3,5-6,12H,4,7-10,16H2,(H,17,18)(H,19,20)/t12-/m1/s1. The van der Waals surface area contributed by atoms with Crippen LogP contribution in [0.4, 0.5) is 0 Å². The maximum Gasteiger partial charge on any atom is 0.311 e. The lowest BCUT2D eigenvalue weighted by molar-refractivity contribution is -0.154. The molecular formula is C15H20N2O3.